The minimum atomic E-state index is -0.00787. The fourth-order valence-electron chi connectivity index (χ4n) is 2.49. The Bertz CT molecular complexity index is 435. The maximum absolute atomic E-state index is 12.4. The van der Waals surface area contributed by atoms with Crippen LogP contribution in [0.5, 0.6) is 0 Å². The fourth-order valence-corrected chi connectivity index (χ4v) is 2.49. The van der Waals surface area contributed by atoms with Crippen LogP contribution in [0.15, 0.2) is 18.3 Å². The lowest BCUT2D eigenvalue weighted by molar-refractivity contribution is 0.0582. The largest absolute Gasteiger partial charge is 0.335 e. The Labute approximate surface area is 107 Å². The number of nitrogen functional groups attached to an aromatic ring is 1. The van der Waals surface area contributed by atoms with Gasteiger partial charge in [0.2, 0.25) is 0 Å². The van der Waals surface area contributed by atoms with Gasteiger partial charge in [-0.3, -0.25) is 15.6 Å². The van der Waals surface area contributed by atoms with Crippen molar-refractivity contribution in [3.63, 3.8) is 0 Å². The first-order chi connectivity index (χ1) is 8.61. The third-order valence-corrected chi connectivity index (χ3v) is 3.54. The zero-order chi connectivity index (χ0) is 13.1. The predicted molar refractivity (Wildman–Crippen MR) is 70.9 cm³/mol. The van der Waals surface area contributed by atoms with Crippen molar-refractivity contribution < 1.29 is 4.79 Å². The van der Waals surface area contributed by atoms with Crippen LogP contribution in [0.3, 0.4) is 0 Å². The second-order valence-corrected chi connectivity index (χ2v) is 5.05. The highest BCUT2D eigenvalue weighted by Crippen LogP contribution is 2.23. The maximum atomic E-state index is 12.4. The Kier molecular flexibility index (Phi) is 3.81. The second kappa shape index (κ2) is 5.35. The number of piperidine rings is 1. The number of hydrazine groups is 1. The van der Waals surface area contributed by atoms with E-state index in [-0.39, 0.29) is 11.9 Å². The monoisotopic (exact) mass is 248 g/mol. The predicted octanol–water partition coefficient (Wildman–Crippen LogP) is 1.63. The number of likely N-dealkylation sites (tertiary alicyclic amines) is 1. The summed E-state index contributed by atoms with van der Waals surface area (Å²) < 4.78 is 0. The molecule has 1 aromatic rings. The highest BCUT2D eigenvalue weighted by Gasteiger charge is 2.28. The molecule has 2 rings (SSSR count). The van der Waals surface area contributed by atoms with Gasteiger partial charge in [0, 0.05) is 18.8 Å². The van der Waals surface area contributed by atoms with E-state index in [1.807, 2.05) is 4.90 Å². The van der Waals surface area contributed by atoms with E-state index in [0.717, 1.165) is 19.4 Å². The summed E-state index contributed by atoms with van der Waals surface area (Å²) in [7, 11) is 0. The smallest absolute Gasteiger partial charge is 0.272 e. The van der Waals surface area contributed by atoms with Crippen LogP contribution in [0.2, 0.25) is 0 Å². The minimum absolute atomic E-state index is 0.00787. The summed E-state index contributed by atoms with van der Waals surface area (Å²) in [5, 5.41) is 0. The minimum Gasteiger partial charge on any atom is -0.335 e. The van der Waals surface area contributed by atoms with E-state index in [1.165, 1.54) is 0 Å². The molecule has 0 aliphatic carbocycles. The lowest BCUT2D eigenvalue weighted by Gasteiger charge is -2.36. The van der Waals surface area contributed by atoms with Crippen LogP contribution in [0.4, 0.5) is 5.69 Å². The first kappa shape index (κ1) is 12.8. The van der Waals surface area contributed by atoms with Crippen molar-refractivity contribution in [1.82, 2.24) is 9.88 Å². The summed E-state index contributed by atoms with van der Waals surface area (Å²) in [6.45, 7) is 5.14. The van der Waals surface area contributed by atoms with E-state index >= 15 is 0 Å². The molecular formula is C13H20N4O. The summed E-state index contributed by atoms with van der Waals surface area (Å²) in [6, 6.07) is 3.70. The van der Waals surface area contributed by atoms with Crippen LogP contribution in [0, 0.1) is 5.92 Å². The zero-order valence-corrected chi connectivity index (χ0v) is 10.9. The van der Waals surface area contributed by atoms with Crippen LogP contribution < -0.4 is 11.3 Å². The van der Waals surface area contributed by atoms with Crippen molar-refractivity contribution in [1.29, 1.82) is 0 Å². The van der Waals surface area contributed by atoms with Gasteiger partial charge in [-0.25, -0.2) is 0 Å². The molecule has 1 fully saturated rings. The zero-order valence-electron chi connectivity index (χ0n) is 10.9. The molecule has 1 aromatic heterocycles. The Hall–Kier alpha value is -1.62. The van der Waals surface area contributed by atoms with Crippen LogP contribution >= 0.6 is 0 Å². The van der Waals surface area contributed by atoms with Crippen molar-refractivity contribution in [3.8, 4) is 0 Å². The summed E-state index contributed by atoms with van der Waals surface area (Å²) >= 11 is 0. The number of nitrogens with one attached hydrogen (secondary N) is 1. The van der Waals surface area contributed by atoms with Gasteiger partial charge < -0.3 is 10.3 Å². The van der Waals surface area contributed by atoms with Crippen molar-refractivity contribution in [2.24, 2.45) is 11.8 Å². The van der Waals surface area contributed by atoms with Gasteiger partial charge in [0.25, 0.3) is 5.91 Å². The number of carbonyl (C=O) groups excluding carboxylic acids is 1. The Balaban J connectivity index is 2.15. The van der Waals surface area contributed by atoms with Crippen molar-refractivity contribution in [3.05, 3.63) is 24.0 Å². The number of hydrogen-bond donors (Lipinski definition) is 2. The summed E-state index contributed by atoms with van der Waals surface area (Å²) in [6.07, 6.45) is 3.71. The first-order valence-corrected chi connectivity index (χ1v) is 6.35. The van der Waals surface area contributed by atoms with Crippen molar-refractivity contribution in [2.75, 3.05) is 12.0 Å². The SMILES string of the molecule is CC1CCN(C(=O)c2cc(NN)ccn2)C(C)C1. The van der Waals surface area contributed by atoms with Gasteiger partial charge in [0.05, 0.1) is 5.69 Å². The number of aromatic nitrogens is 1. The number of hydrogen-bond acceptors (Lipinski definition) is 4. The lowest BCUT2D eigenvalue weighted by atomic mass is 9.93. The number of nitrogens with zero attached hydrogens (tertiary/aromatic N) is 2. The van der Waals surface area contributed by atoms with Crippen molar-refractivity contribution in [2.45, 2.75) is 32.7 Å². The molecule has 18 heavy (non-hydrogen) atoms. The molecule has 3 N–H and O–H groups in total. The number of rotatable bonds is 2. The van der Waals surface area contributed by atoms with E-state index < -0.39 is 0 Å². The quantitative estimate of drug-likeness (QED) is 0.616. The molecule has 2 unspecified atom stereocenters. The highest BCUT2D eigenvalue weighted by molar-refractivity contribution is 5.93. The van der Waals surface area contributed by atoms with Crippen molar-refractivity contribution >= 4 is 11.6 Å². The van der Waals surface area contributed by atoms with Crippen LogP contribution in [0.1, 0.15) is 37.2 Å². The number of anilines is 1. The molecule has 2 heterocycles. The molecular weight excluding hydrogens is 228 g/mol. The van der Waals surface area contributed by atoms with Gasteiger partial charge in [-0.2, -0.15) is 0 Å². The van der Waals surface area contributed by atoms with E-state index in [1.54, 1.807) is 18.3 Å². The molecule has 1 amide bonds. The number of carbonyl (C=O) groups is 1. The third-order valence-electron chi connectivity index (χ3n) is 3.54. The van der Waals surface area contributed by atoms with Gasteiger partial charge in [-0.05, 0) is 37.8 Å². The topological polar surface area (TPSA) is 71.2 Å². The molecule has 1 aliphatic heterocycles. The Morgan fingerprint density at radius 2 is 2.33 bits per heavy atom. The average Bonchev–Trinajstić information content (AvgIpc) is 2.38. The molecule has 2 atom stereocenters. The van der Waals surface area contributed by atoms with Gasteiger partial charge in [-0.1, -0.05) is 6.92 Å². The lowest BCUT2D eigenvalue weighted by Crippen LogP contribution is -2.44. The van der Waals surface area contributed by atoms with Gasteiger partial charge >= 0.3 is 0 Å². The molecule has 0 saturated carbocycles. The average molecular weight is 248 g/mol. The molecule has 0 radical (unpaired) electrons. The van der Waals surface area contributed by atoms with E-state index in [2.05, 4.69) is 24.3 Å². The Morgan fingerprint density at radius 3 is 3.00 bits per heavy atom. The molecule has 98 valence electrons. The molecule has 0 aromatic carbocycles. The molecule has 0 spiro atoms. The van der Waals surface area contributed by atoms with Gasteiger partial charge in [0.1, 0.15) is 5.69 Å². The number of pyridine rings is 1. The summed E-state index contributed by atoms with van der Waals surface area (Å²) in [5.74, 6) is 6.02. The molecule has 1 aliphatic rings. The van der Waals surface area contributed by atoms with Crippen LogP contribution in [-0.4, -0.2) is 28.4 Å². The fraction of sp³-hybridized carbons (Fsp3) is 0.538. The molecule has 5 heteroatoms. The molecule has 0 bridgehead atoms. The van der Waals surface area contributed by atoms with E-state index in [0.29, 0.717) is 17.3 Å². The van der Waals surface area contributed by atoms with Crippen LogP contribution in [-0.2, 0) is 0 Å². The summed E-state index contributed by atoms with van der Waals surface area (Å²) in [5.41, 5.74) is 3.68. The van der Waals surface area contributed by atoms with Crippen LogP contribution in [0.25, 0.3) is 0 Å². The standard InChI is InChI=1S/C13H20N4O/c1-9-4-6-17(10(2)7-9)13(18)12-8-11(16-14)3-5-15-12/h3,5,8-10H,4,6-7,14H2,1-2H3,(H,15,16). The van der Waals surface area contributed by atoms with E-state index in [4.69, 9.17) is 5.84 Å². The molecule has 1 saturated heterocycles. The van der Waals surface area contributed by atoms with E-state index in [9.17, 15) is 4.79 Å². The number of amides is 1. The normalized spacial score (nSPS) is 23.8. The molecule has 5 nitrogen and oxygen atoms in total. The second-order valence-electron chi connectivity index (χ2n) is 5.05. The summed E-state index contributed by atoms with van der Waals surface area (Å²) in [4.78, 5) is 18.4. The Morgan fingerprint density at radius 1 is 1.56 bits per heavy atom. The highest BCUT2D eigenvalue weighted by atomic mass is 16.2. The maximum Gasteiger partial charge on any atom is 0.272 e. The van der Waals surface area contributed by atoms with Gasteiger partial charge in [0.15, 0.2) is 0 Å². The number of nitrogens with two attached hydrogens (primary N) is 1. The first-order valence-electron chi connectivity index (χ1n) is 6.35. The third kappa shape index (κ3) is 2.61. The van der Waals surface area contributed by atoms with Gasteiger partial charge in [-0.15, -0.1) is 0 Å².